The first kappa shape index (κ1) is 14.8. The molecule has 1 aromatic rings. The molecule has 0 aromatic carbocycles. The third-order valence-corrected chi connectivity index (χ3v) is 5.18. The maximum atomic E-state index is 4.65. The van der Waals surface area contributed by atoms with E-state index in [-0.39, 0.29) is 0 Å². The van der Waals surface area contributed by atoms with E-state index in [9.17, 15) is 0 Å². The Bertz CT molecular complexity index is 476. The zero-order chi connectivity index (χ0) is 14.8. The van der Waals surface area contributed by atoms with Gasteiger partial charge in [-0.1, -0.05) is 6.42 Å². The lowest BCUT2D eigenvalue weighted by atomic mass is 9.97. The van der Waals surface area contributed by atoms with E-state index in [4.69, 9.17) is 0 Å². The van der Waals surface area contributed by atoms with Crippen LogP contribution in [0.5, 0.6) is 0 Å². The van der Waals surface area contributed by atoms with Crippen molar-refractivity contribution in [2.75, 3.05) is 31.6 Å². The van der Waals surface area contributed by atoms with Crippen molar-refractivity contribution in [2.45, 2.75) is 51.2 Å². The highest BCUT2D eigenvalue weighted by Gasteiger charge is 2.33. The Kier molecular flexibility index (Phi) is 4.45. The first-order valence-electron chi connectivity index (χ1n) is 8.33. The van der Waals surface area contributed by atoms with Gasteiger partial charge in [0, 0.05) is 37.4 Å². The molecule has 1 aromatic heterocycles. The van der Waals surface area contributed by atoms with E-state index < -0.39 is 0 Å². The smallest absolute Gasteiger partial charge is 0.129 e. The molecule has 3 atom stereocenters. The van der Waals surface area contributed by atoms with Crippen LogP contribution in [-0.4, -0.2) is 48.6 Å². The van der Waals surface area contributed by atoms with Gasteiger partial charge in [0.15, 0.2) is 0 Å². The van der Waals surface area contributed by atoms with E-state index in [1.165, 1.54) is 37.9 Å². The van der Waals surface area contributed by atoms with Crippen molar-refractivity contribution in [3.63, 3.8) is 0 Å². The molecule has 3 heterocycles. The highest BCUT2D eigenvalue weighted by atomic mass is 15.3. The van der Waals surface area contributed by atoms with Crippen molar-refractivity contribution in [1.29, 1.82) is 0 Å². The highest BCUT2D eigenvalue weighted by Crippen LogP contribution is 2.28. The molecule has 3 rings (SSSR count). The molecule has 2 saturated heterocycles. The van der Waals surface area contributed by atoms with E-state index >= 15 is 0 Å². The van der Waals surface area contributed by atoms with Crippen LogP contribution in [0, 0.1) is 0 Å². The molecule has 0 amide bonds. The normalized spacial score (nSPS) is 28.2. The van der Waals surface area contributed by atoms with Crippen LogP contribution >= 0.6 is 0 Å². The molecule has 3 unspecified atom stereocenters. The molecule has 2 fully saturated rings. The number of hydrogen-bond acceptors (Lipinski definition) is 4. The van der Waals surface area contributed by atoms with Gasteiger partial charge in [0.2, 0.25) is 0 Å². The number of piperazine rings is 1. The zero-order valence-electron chi connectivity index (χ0n) is 13.5. The summed E-state index contributed by atoms with van der Waals surface area (Å²) in [5, 5.41) is 3.31. The fourth-order valence-corrected chi connectivity index (χ4v) is 3.70. The molecule has 0 radical (unpaired) electrons. The molecule has 0 aliphatic carbocycles. The summed E-state index contributed by atoms with van der Waals surface area (Å²) in [7, 11) is 2.01. The van der Waals surface area contributed by atoms with E-state index in [1.807, 2.05) is 13.2 Å². The van der Waals surface area contributed by atoms with Crippen LogP contribution in [0.15, 0.2) is 18.3 Å². The molecule has 0 bridgehead atoms. The quantitative estimate of drug-likeness (QED) is 0.925. The van der Waals surface area contributed by atoms with Gasteiger partial charge in [-0.15, -0.1) is 0 Å². The molecular weight excluding hydrogens is 260 g/mol. The van der Waals surface area contributed by atoms with Gasteiger partial charge < -0.3 is 10.2 Å². The Hall–Kier alpha value is -1.13. The summed E-state index contributed by atoms with van der Waals surface area (Å²) in [6.07, 6.45) is 6.05. The Labute approximate surface area is 128 Å². The minimum atomic E-state index is 0.373. The van der Waals surface area contributed by atoms with Crippen molar-refractivity contribution in [1.82, 2.24) is 15.2 Å². The highest BCUT2D eigenvalue weighted by molar-refractivity contribution is 5.44. The van der Waals surface area contributed by atoms with Crippen LogP contribution in [-0.2, 0) is 0 Å². The Morgan fingerprint density at radius 3 is 3.00 bits per heavy atom. The van der Waals surface area contributed by atoms with Gasteiger partial charge in [0.1, 0.15) is 5.82 Å². The van der Waals surface area contributed by atoms with E-state index in [0.717, 1.165) is 18.4 Å². The number of piperidine rings is 1. The average Bonchev–Trinajstić information content (AvgIpc) is 2.53. The van der Waals surface area contributed by atoms with Gasteiger partial charge in [-0.2, -0.15) is 0 Å². The molecular formula is C17H28N4. The second-order valence-electron chi connectivity index (χ2n) is 6.60. The number of fused-ring (bicyclic) bond motifs is 1. The Morgan fingerprint density at radius 1 is 1.33 bits per heavy atom. The number of anilines is 1. The predicted molar refractivity (Wildman–Crippen MR) is 87.7 cm³/mol. The molecule has 0 spiro atoms. The Morgan fingerprint density at radius 2 is 2.19 bits per heavy atom. The third kappa shape index (κ3) is 3.06. The molecule has 2 aliphatic heterocycles. The van der Waals surface area contributed by atoms with Crippen molar-refractivity contribution >= 4 is 5.82 Å². The molecule has 4 nitrogen and oxygen atoms in total. The van der Waals surface area contributed by atoms with Gasteiger partial charge in [0.05, 0.1) is 0 Å². The minimum Gasteiger partial charge on any atom is -0.351 e. The maximum absolute atomic E-state index is 4.65. The molecule has 2 aliphatic rings. The summed E-state index contributed by atoms with van der Waals surface area (Å²) in [5.41, 5.74) is 1.32. The average molecular weight is 288 g/mol. The van der Waals surface area contributed by atoms with Crippen molar-refractivity contribution in [3.8, 4) is 0 Å². The zero-order valence-corrected chi connectivity index (χ0v) is 13.5. The summed E-state index contributed by atoms with van der Waals surface area (Å²) in [6.45, 7) is 8.12. The lowest BCUT2D eigenvalue weighted by molar-refractivity contribution is 0.115. The summed E-state index contributed by atoms with van der Waals surface area (Å²) in [5.74, 6) is 1.15. The van der Waals surface area contributed by atoms with Gasteiger partial charge in [0.25, 0.3) is 0 Å². The fourth-order valence-electron chi connectivity index (χ4n) is 3.70. The second kappa shape index (κ2) is 6.32. The van der Waals surface area contributed by atoms with Crippen molar-refractivity contribution in [3.05, 3.63) is 23.9 Å². The van der Waals surface area contributed by atoms with Gasteiger partial charge in [-0.3, -0.25) is 4.90 Å². The van der Waals surface area contributed by atoms with Gasteiger partial charge in [-0.05, 0) is 58.0 Å². The predicted octanol–water partition coefficient (Wildman–Crippen LogP) is 2.43. The van der Waals surface area contributed by atoms with E-state index in [0.29, 0.717) is 12.1 Å². The number of pyridine rings is 1. The maximum Gasteiger partial charge on any atom is 0.129 e. The summed E-state index contributed by atoms with van der Waals surface area (Å²) in [6, 6.07) is 6.02. The van der Waals surface area contributed by atoms with Crippen LogP contribution in [0.3, 0.4) is 0 Å². The van der Waals surface area contributed by atoms with Gasteiger partial charge >= 0.3 is 0 Å². The first-order valence-corrected chi connectivity index (χ1v) is 8.33. The van der Waals surface area contributed by atoms with E-state index in [1.54, 1.807) is 0 Å². The second-order valence-corrected chi connectivity index (χ2v) is 6.60. The van der Waals surface area contributed by atoms with Gasteiger partial charge in [-0.25, -0.2) is 4.98 Å². The minimum absolute atomic E-state index is 0.373. The molecule has 0 saturated carbocycles. The number of nitrogens with one attached hydrogen (secondary N) is 1. The third-order valence-electron chi connectivity index (χ3n) is 5.18. The topological polar surface area (TPSA) is 31.4 Å². The van der Waals surface area contributed by atoms with Crippen LogP contribution in [0.2, 0.25) is 0 Å². The van der Waals surface area contributed by atoms with Crippen molar-refractivity contribution < 1.29 is 0 Å². The number of hydrogen-bond donors (Lipinski definition) is 1. The first-order chi connectivity index (χ1) is 10.2. The fraction of sp³-hybridized carbons (Fsp3) is 0.706. The summed E-state index contributed by atoms with van der Waals surface area (Å²) >= 11 is 0. The molecule has 21 heavy (non-hydrogen) atoms. The number of rotatable bonds is 3. The number of nitrogens with zero attached hydrogens (tertiary/aromatic N) is 3. The van der Waals surface area contributed by atoms with E-state index in [2.05, 4.69) is 46.1 Å². The lowest BCUT2D eigenvalue weighted by Crippen LogP contribution is -2.59. The number of aromatic nitrogens is 1. The van der Waals surface area contributed by atoms with Crippen LogP contribution in [0.4, 0.5) is 5.82 Å². The molecule has 4 heteroatoms. The largest absolute Gasteiger partial charge is 0.351 e. The summed E-state index contributed by atoms with van der Waals surface area (Å²) in [4.78, 5) is 9.84. The monoisotopic (exact) mass is 288 g/mol. The van der Waals surface area contributed by atoms with Crippen LogP contribution < -0.4 is 10.2 Å². The standard InChI is InChI=1S/C17H28N4/c1-13-11-20-9-5-4-6-16(20)12-21(13)17-10-15(7-8-19-17)14(2)18-3/h7-8,10,13-14,16,18H,4-6,9,11-12H2,1-3H3. The summed E-state index contributed by atoms with van der Waals surface area (Å²) < 4.78 is 0. The van der Waals surface area contributed by atoms with Crippen LogP contribution in [0.25, 0.3) is 0 Å². The van der Waals surface area contributed by atoms with Crippen molar-refractivity contribution in [2.24, 2.45) is 0 Å². The van der Waals surface area contributed by atoms with Crippen LogP contribution in [0.1, 0.15) is 44.7 Å². The molecule has 116 valence electrons. The molecule has 1 N–H and O–H groups in total. The Balaban J connectivity index is 1.79. The SMILES string of the molecule is CNC(C)c1ccnc(N2CC3CCCCN3CC2C)c1. The lowest BCUT2D eigenvalue weighted by Gasteiger charge is -2.48.